The predicted octanol–water partition coefficient (Wildman–Crippen LogP) is 2.43. The number of nitrogens with zero attached hydrogens (tertiary/aromatic N) is 5. The zero-order valence-corrected chi connectivity index (χ0v) is 13.9. The van der Waals surface area contributed by atoms with Gasteiger partial charge in [-0.3, -0.25) is 10.1 Å². The number of rotatable bonds is 3. The molecule has 0 aliphatic carbocycles. The van der Waals surface area contributed by atoms with E-state index in [1.165, 1.54) is 13.2 Å². The zero-order valence-electron chi connectivity index (χ0n) is 13.9. The number of aromatic nitrogens is 4. The summed E-state index contributed by atoms with van der Waals surface area (Å²) >= 11 is 0. The van der Waals surface area contributed by atoms with Crippen LogP contribution in [-0.2, 0) is 0 Å². The van der Waals surface area contributed by atoms with Crippen molar-refractivity contribution in [1.29, 1.82) is 0 Å². The molecule has 0 amide bonds. The Morgan fingerprint density at radius 1 is 1.19 bits per heavy atom. The first-order valence-electron chi connectivity index (χ1n) is 7.72. The smallest absolute Gasteiger partial charge is 0.324 e. The quantitative estimate of drug-likeness (QED) is 0.243. The summed E-state index contributed by atoms with van der Waals surface area (Å²) in [6, 6.07) is 11.9. The molecular formula is C17H13N5O4. The summed E-state index contributed by atoms with van der Waals surface area (Å²) in [4.78, 5) is 17.2. The minimum atomic E-state index is -0.547. The summed E-state index contributed by atoms with van der Waals surface area (Å²) < 4.78 is 5.13. The largest absolute Gasteiger partial charge is 0.692 e. The lowest BCUT2D eigenvalue weighted by molar-refractivity contribution is -0.664. The molecule has 2 aromatic heterocycles. The number of hydrogen-bond acceptors (Lipinski definition) is 6. The fraction of sp³-hybridized carbons (Fsp3) is 0.118. The van der Waals surface area contributed by atoms with Crippen LogP contribution >= 0.6 is 0 Å². The van der Waals surface area contributed by atoms with Crippen LogP contribution in [0.4, 0.5) is 5.69 Å². The molecule has 130 valence electrons. The van der Waals surface area contributed by atoms with Gasteiger partial charge in [-0.15, -0.1) is 4.85 Å². The van der Waals surface area contributed by atoms with Crippen molar-refractivity contribution in [2.45, 2.75) is 6.92 Å². The molecule has 9 heteroatoms. The summed E-state index contributed by atoms with van der Waals surface area (Å²) in [6.07, 6.45) is 0. The zero-order chi connectivity index (χ0) is 18.4. The summed E-state index contributed by atoms with van der Waals surface area (Å²) in [6.45, 7) is 1.67. The van der Waals surface area contributed by atoms with Crippen LogP contribution in [0.15, 0.2) is 42.5 Å². The van der Waals surface area contributed by atoms with Crippen LogP contribution in [0.1, 0.15) is 5.69 Å². The fourth-order valence-electron chi connectivity index (χ4n) is 3.04. The minimum absolute atomic E-state index is 0.0844. The summed E-state index contributed by atoms with van der Waals surface area (Å²) in [5.41, 5.74) is 1.47. The number of ether oxygens (including phenoxy) is 1. The van der Waals surface area contributed by atoms with Crippen molar-refractivity contribution < 1.29 is 14.5 Å². The molecule has 0 aliphatic rings. The molecular weight excluding hydrogens is 338 g/mol. The molecule has 0 bridgehead atoms. The van der Waals surface area contributed by atoms with Crippen LogP contribution in [0.3, 0.4) is 0 Å². The third-order valence-corrected chi connectivity index (χ3v) is 4.16. The number of nitro groups is 1. The van der Waals surface area contributed by atoms with E-state index in [0.717, 1.165) is 4.80 Å². The Bertz CT molecular complexity index is 1170. The molecule has 0 radical (unpaired) electrons. The molecule has 0 unspecified atom stereocenters. The number of pyridine rings is 1. The van der Waals surface area contributed by atoms with Crippen molar-refractivity contribution in [3.05, 3.63) is 63.5 Å². The number of para-hydroxylation sites is 1. The normalized spacial score (nSPS) is 11.2. The second-order valence-corrected chi connectivity index (χ2v) is 5.66. The third kappa shape index (κ3) is 2.14. The maximum atomic E-state index is 12.8. The van der Waals surface area contributed by atoms with Gasteiger partial charge < -0.3 is 9.94 Å². The van der Waals surface area contributed by atoms with Crippen molar-refractivity contribution >= 4 is 27.6 Å². The fourth-order valence-corrected chi connectivity index (χ4v) is 3.04. The van der Waals surface area contributed by atoms with Crippen molar-refractivity contribution in [3.8, 4) is 11.4 Å². The molecule has 26 heavy (non-hydrogen) atoms. The standard InChI is InChI=1S/C17H13N5O4/c1-10-16-15(19-20(21(16)23)11-6-4-3-5-7-11)14-12(18-10)8-9-13(26-2)17(14)22(24)25/h3-9H,1-2H3. The molecule has 2 aromatic carbocycles. The molecule has 0 atom stereocenters. The highest BCUT2D eigenvalue weighted by Gasteiger charge is 2.30. The van der Waals surface area contributed by atoms with Crippen molar-refractivity contribution in [2.24, 2.45) is 0 Å². The first kappa shape index (κ1) is 15.8. The maximum Gasteiger partial charge on any atom is 0.324 e. The van der Waals surface area contributed by atoms with E-state index >= 15 is 0 Å². The number of benzene rings is 2. The van der Waals surface area contributed by atoms with E-state index in [2.05, 4.69) is 10.1 Å². The molecule has 0 fully saturated rings. The SMILES string of the molecule is COc1ccc2nc(C)c3c(nn(-c4ccccc4)[n+]3[O-])c2c1[N+](=O)[O-]. The molecule has 2 heterocycles. The number of fused-ring (bicyclic) bond motifs is 3. The van der Waals surface area contributed by atoms with E-state index in [1.807, 2.05) is 6.07 Å². The average molecular weight is 351 g/mol. The second-order valence-electron chi connectivity index (χ2n) is 5.66. The van der Waals surface area contributed by atoms with Gasteiger partial charge >= 0.3 is 5.69 Å². The van der Waals surface area contributed by atoms with Crippen LogP contribution in [0.5, 0.6) is 5.75 Å². The van der Waals surface area contributed by atoms with Crippen molar-refractivity contribution in [1.82, 2.24) is 14.9 Å². The van der Waals surface area contributed by atoms with E-state index < -0.39 is 4.92 Å². The van der Waals surface area contributed by atoms with Gasteiger partial charge in [0.15, 0.2) is 5.75 Å². The highest BCUT2D eigenvalue weighted by Crippen LogP contribution is 2.38. The molecule has 0 spiro atoms. The van der Waals surface area contributed by atoms with Crippen LogP contribution in [0, 0.1) is 22.2 Å². The van der Waals surface area contributed by atoms with Crippen LogP contribution in [0.25, 0.3) is 27.6 Å². The maximum absolute atomic E-state index is 12.8. The summed E-state index contributed by atoms with van der Waals surface area (Å²) in [5.74, 6) is 0.0844. The number of nitro benzene ring substituents is 1. The molecule has 4 rings (SSSR count). The van der Waals surface area contributed by atoms with E-state index in [4.69, 9.17) is 4.74 Å². The Labute approximate surface area is 146 Å². The number of aryl methyl sites for hydroxylation is 1. The Kier molecular flexibility index (Phi) is 3.43. The molecule has 0 N–H and O–H groups in total. The Hall–Kier alpha value is -3.75. The highest BCUT2D eigenvalue weighted by molar-refractivity contribution is 6.08. The van der Waals surface area contributed by atoms with Crippen molar-refractivity contribution in [2.75, 3.05) is 7.11 Å². The van der Waals surface area contributed by atoms with Gasteiger partial charge in [-0.2, -0.15) is 0 Å². The highest BCUT2D eigenvalue weighted by atomic mass is 16.6. The lowest BCUT2D eigenvalue weighted by atomic mass is 10.1. The second kappa shape index (κ2) is 5.66. The van der Waals surface area contributed by atoms with Crippen molar-refractivity contribution in [3.63, 3.8) is 0 Å². The lowest BCUT2D eigenvalue weighted by Crippen LogP contribution is -2.37. The van der Waals surface area contributed by atoms with Gasteiger partial charge in [-0.25, -0.2) is 4.98 Å². The van der Waals surface area contributed by atoms with Crippen LogP contribution in [-0.4, -0.2) is 26.9 Å². The van der Waals surface area contributed by atoms with E-state index in [0.29, 0.717) is 21.7 Å². The van der Waals surface area contributed by atoms with E-state index in [-0.39, 0.29) is 27.9 Å². The topological polar surface area (TPSA) is 110 Å². The predicted molar refractivity (Wildman–Crippen MR) is 93.3 cm³/mol. The third-order valence-electron chi connectivity index (χ3n) is 4.16. The molecule has 4 aromatic rings. The summed E-state index contributed by atoms with van der Waals surface area (Å²) in [5, 5.41) is 29.0. The van der Waals surface area contributed by atoms with E-state index in [9.17, 15) is 15.3 Å². The lowest BCUT2D eigenvalue weighted by Gasteiger charge is -2.06. The van der Waals surface area contributed by atoms with Gasteiger partial charge in [0, 0.05) is 0 Å². The Morgan fingerprint density at radius 2 is 1.92 bits per heavy atom. The molecule has 0 saturated heterocycles. The number of hydrogen-bond donors (Lipinski definition) is 0. The first-order valence-corrected chi connectivity index (χ1v) is 7.72. The first-order chi connectivity index (χ1) is 12.5. The van der Waals surface area contributed by atoms with Gasteiger partial charge in [0.25, 0.3) is 5.52 Å². The Balaban J connectivity index is 2.20. The van der Waals surface area contributed by atoms with Crippen LogP contribution in [0.2, 0.25) is 0 Å². The molecule has 0 aliphatic heterocycles. The van der Waals surface area contributed by atoms with Gasteiger partial charge in [0.2, 0.25) is 5.52 Å². The number of methoxy groups -OCH3 is 1. The molecule has 0 saturated carbocycles. The van der Waals surface area contributed by atoms with Gasteiger partial charge in [0.05, 0.1) is 28.3 Å². The minimum Gasteiger partial charge on any atom is -0.692 e. The monoisotopic (exact) mass is 351 g/mol. The van der Waals surface area contributed by atoms with Gasteiger partial charge in [-0.1, -0.05) is 18.2 Å². The van der Waals surface area contributed by atoms with Crippen LogP contribution < -0.4 is 9.58 Å². The summed E-state index contributed by atoms with van der Waals surface area (Å²) in [7, 11) is 1.35. The molecule has 9 nitrogen and oxygen atoms in total. The van der Waals surface area contributed by atoms with Gasteiger partial charge in [0.1, 0.15) is 11.1 Å². The Morgan fingerprint density at radius 3 is 2.58 bits per heavy atom. The van der Waals surface area contributed by atoms with Gasteiger partial charge in [-0.05, 0) is 36.0 Å². The average Bonchev–Trinajstić information content (AvgIpc) is 2.99. The van der Waals surface area contributed by atoms with E-state index in [1.54, 1.807) is 37.3 Å².